The summed E-state index contributed by atoms with van der Waals surface area (Å²) in [5, 5.41) is 13.9. The molecule has 1 aromatic carbocycles. The highest BCUT2D eigenvalue weighted by Gasteiger charge is 2.16. The first-order valence-corrected chi connectivity index (χ1v) is 6.50. The SMILES string of the molecule is O=[N+]([O-])c1cccnc1Nc1ccc2c(c1)OCCCO2. The second-order valence-corrected chi connectivity index (χ2v) is 4.47. The van der Waals surface area contributed by atoms with Crippen LogP contribution in [0.3, 0.4) is 0 Å². The van der Waals surface area contributed by atoms with Gasteiger partial charge < -0.3 is 14.8 Å². The predicted octanol–water partition coefficient (Wildman–Crippen LogP) is 2.89. The van der Waals surface area contributed by atoms with Crippen LogP contribution in [0.2, 0.25) is 0 Å². The molecule has 0 spiro atoms. The van der Waals surface area contributed by atoms with Gasteiger partial charge >= 0.3 is 5.69 Å². The third kappa shape index (κ3) is 2.86. The molecule has 1 aliphatic heterocycles. The van der Waals surface area contributed by atoms with E-state index in [0.29, 0.717) is 30.4 Å². The highest BCUT2D eigenvalue weighted by atomic mass is 16.6. The maximum atomic E-state index is 11.0. The van der Waals surface area contributed by atoms with Crippen molar-refractivity contribution >= 4 is 17.2 Å². The molecule has 0 atom stereocenters. The van der Waals surface area contributed by atoms with Gasteiger partial charge in [-0.2, -0.15) is 0 Å². The summed E-state index contributed by atoms with van der Waals surface area (Å²) in [5.74, 6) is 1.49. The Kier molecular flexibility index (Phi) is 3.55. The van der Waals surface area contributed by atoms with Crippen molar-refractivity contribution in [1.82, 2.24) is 4.98 Å². The molecule has 1 aliphatic rings. The number of pyridine rings is 1. The molecule has 21 heavy (non-hydrogen) atoms. The Morgan fingerprint density at radius 2 is 2.00 bits per heavy atom. The monoisotopic (exact) mass is 287 g/mol. The van der Waals surface area contributed by atoms with Gasteiger partial charge in [-0.05, 0) is 18.2 Å². The predicted molar refractivity (Wildman–Crippen MR) is 76.2 cm³/mol. The number of anilines is 2. The van der Waals surface area contributed by atoms with Crippen LogP contribution < -0.4 is 14.8 Å². The van der Waals surface area contributed by atoms with Crippen LogP contribution in [-0.2, 0) is 0 Å². The van der Waals surface area contributed by atoms with Gasteiger partial charge in [0.25, 0.3) is 0 Å². The highest BCUT2D eigenvalue weighted by molar-refractivity contribution is 5.67. The molecule has 108 valence electrons. The van der Waals surface area contributed by atoms with Crippen molar-refractivity contribution in [3.8, 4) is 11.5 Å². The summed E-state index contributed by atoms with van der Waals surface area (Å²) in [6, 6.07) is 8.22. The maximum Gasteiger partial charge on any atom is 0.311 e. The van der Waals surface area contributed by atoms with Crippen molar-refractivity contribution in [2.24, 2.45) is 0 Å². The summed E-state index contributed by atoms with van der Waals surface area (Å²) < 4.78 is 11.1. The molecule has 0 aliphatic carbocycles. The molecule has 0 unspecified atom stereocenters. The quantitative estimate of drug-likeness (QED) is 0.690. The number of hydrogen-bond donors (Lipinski definition) is 1. The van der Waals surface area contributed by atoms with Crippen molar-refractivity contribution in [2.75, 3.05) is 18.5 Å². The molecule has 7 nitrogen and oxygen atoms in total. The van der Waals surface area contributed by atoms with Gasteiger partial charge in [-0.1, -0.05) is 0 Å². The molecule has 3 rings (SSSR count). The number of rotatable bonds is 3. The lowest BCUT2D eigenvalue weighted by atomic mass is 10.2. The second-order valence-electron chi connectivity index (χ2n) is 4.47. The van der Waals surface area contributed by atoms with Crippen LogP contribution in [0, 0.1) is 10.1 Å². The molecule has 7 heteroatoms. The van der Waals surface area contributed by atoms with E-state index in [9.17, 15) is 10.1 Å². The number of nitro groups is 1. The molecule has 0 amide bonds. The minimum absolute atomic E-state index is 0.0791. The molecule has 1 N–H and O–H groups in total. The number of fused-ring (bicyclic) bond motifs is 1. The van der Waals surface area contributed by atoms with Gasteiger partial charge in [-0.15, -0.1) is 0 Å². The molecule has 0 radical (unpaired) electrons. The van der Waals surface area contributed by atoms with Gasteiger partial charge in [0.2, 0.25) is 5.82 Å². The van der Waals surface area contributed by atoms with Crippen LogP contribution in [0.15, 0.2) is 36.5 Å². The van der Waals surface area contributed by atoms with Crippen molar-refractivity contribution < 1.29 is 14.4 Å². The minimum Gasteiger partial charge on any atom is -0.490 e. The first kappa shape index (κ1) is 13.2. The zero-order valence-electron chi connectivity index (χ0n) is 11.1. The summed E-state index contributed by atoms with van der Waals surface area (Å²) in [7, 11) is 0. The third-order valence-corrected chi connectivity index (χ3v) is 2.99. The molecule has 0 fully saturated rings. The Balaban J connectivity index is 1.89. The van der Waals surface area contributed by atoms with E-state index in [1.165, 1.54) is 18.3 Å². The fourth-order valence-corrected chi connectivity index (χ4v) is 2.02. The number of nitrogens with one attached hydrogen (secondary N) is 1. The summed E-state index contributed by atoms with van der Waals surface area (Å²) in [6.07, 6.45) is 2.32. The lowest BCUT2D eigenvalue weighted by Crippen LogP contribution is -2.00. The Labute approximate surface area is 120 Å². The average molecular weight is 287 g/mol. The molecule has 1 aromatic heterocycles. The summed E-state index contributed by atoms with van der Waals surface area (Å²) >= 11 is 0. The standard InChI is InChI=1S/C14H13N3O4/c18-17(19)11-3-1-6-15-14(11)16-10-4-5-12-13(9-10)21-8-2-7-20-12/h1,3-6,9H,2,7-8H2,(H,15,16). The fourth-order valence-electron chi connectivity index (χ4n) is 2.02. The maximum absolute atomic E-state index is 11.0. The van der Waals surface area contributed by atoms with E-state index in [0.717, 1.165) is 6.42 Å². The lowest BCUT2D eigenvalue weighted by Gasteiger charge is -2.10. The Bertz CT molecular complexity index is 675. The van der Waals surface area contributed by atoms with E-state index in [-0.39, 0.29) is 11.5 Å². The van der Waals surface area contributed by atoms with Crippen LogP contribution in [0.4, 0.5) is 17.2 Å². The number of hydrogen-bond acceptors (Lipinski definition) is 6. The van der Waals surface area contributed by atoms with Crippen LogP contribution >= 0.6 is 0 Å². The largest absolute Gasteiger partial charge is 0.490 e. The third-order valence-electron chi connectivity index (χ3n) is 2.99. The molecule has 0 saturated carbocycles. The van der Waals surface area contributed by atoms with Gasteiger partial charge in [-0.25, -0.2) is 4.98 Å². The number of benzene rings is 1. The molecule has 0 saturated heterocycles. The van der Waals surface area contributed by atoms with Crippen molar-refractivity contribution in [1.29, 1.82) is 0 Å². The number of ether oxygens (including phenoxy) is 2. The molecule has 0 bridgehead atoms. The van der Waals surface area contributed by atoms with Crippen LogP contribution in [0.5, 0.6) is 11.5 Å². The van der Waals surface area contributed by atoms with E-state index >= 15 is 0 Å². The first-order chi connectivity index (χ1) is 10.2. The second kappa shape index (κ2) is 5.66. The van der Waals surface area contributed by atoms with Gasteiger partial charge in [0.05, 0.1) is 18.1 Å². The van der Waals surface area contributed by atoms with Crippen LogP contribution in [0.1, 0.15) is 6.42 Å². The molecule has 2 heterocycles. The van der Waals surface area contributed by atoms with Gasteiger partial charge in [0, 0.05) is 30.4 Å². The lowest BCUT2D eigenvalue weighted by molar-refractivity contribution is -0.384. The zero-order valence-corrected chi connectivity index (χ0v) is 11.1. The molecule has 2 aromatic rings. The minimum atomic E-state index is -0.474. The summed E-state index contributed by atoms with van der Waals surface area (Å²) in [6.45, 7) is 1.20. The Hall–Kier alpha value is -2.83. The van der Waals surface area contributed by atoms with Crippen LogP contribution in [0.25, 0.3) is 0 Å². The van der Waals surface area contributed by atoms with Gasteiger partial charge in [0.15, 0.2) is 11.5 Å². The highest BCUT2D eigenvalue weighted by Crippen LogP contribution is 2.34. The smallest absolute Gasteiger partial charge is 0.311 e. The van der Waals surface area contributed by atoms with E-state index in [1.807, 2.05) is 0 Å². The van der Waals surface area contributed by atoms with E-state index < -0.39 is 4.92 Å². The molecular weight excluding hydrogens is 274 g/mol. The Morgan fingerprint density at radius 3 is 2.81 bits per heavy atom. The first-order valence-electron chi connectivity index (χ1n) is 6.50. The van der Waals surface area contributed by atoms with E-state index in [2.05, 4.69) is 10.3 Å². The summed E-state index contributed by atoms with van der Waals surface area (Å²) in [4.78, 5) is 14.5. The van der Waals surface area contributed by atoms with Crippen molar-refractivity contribution in [2.45, 2.75) is 6.42 Å². The zero-order chi connectivity index (χ0) is 14.7. The summed E-state index contributed by atoms with van der Waals surface area (Å²) in [5.41, 5.74) is 0.575. The van der Waals surface area contributed by atoms with E-state index in [4.69, 9.17) is 9.47 Å². The van der Waals surface area contributed by atoms with Crippen molar-refractivity contribution in [3.05, 3.63) is 46.6 Å². The van der Waals surface area contributed by atoms with Gasteiger partial charge in [-0.3, -0.25) is 10.1 Å². The normalized spacial score (nSPS) is 13.3. The molecular formula is C14H13N3O4. The number of nitrogens with zero attached hydrogens (tertiary/aromatic N) is 2. The van der Waals surface area contributed by atoms with E-state index in [1.54, 1.807) is 18.2 Å². The Morgan fingerprint density at radius 1 is 1.19 bits per heavy atom. The van der Waals surface area contributed by atoms with Crippen molar-refractivity contribution in [3.63, 3.8) is 0 Å². The van der Waals surface area contributed by atoms with Gasteiger partial charge in [0.1, 0.15) is 0 Å². The van der Waals surface area contributed by atoms with Crippen LogP contribution in [-0.4, -0.2) is 23.1 Å². The average Bonchev–Trinajstić information content (AvgIpc) is 2.72. The fraction of sp³-hybridized carbons (Fsp3) is 0.214. The number of aromatic nitrogens is 1. The topological polar surface area (TPSA) is 86.5 Å².